The Kier molecular flexibility index (Phi) is 10.5. The zero-order valence-electron chi connectivity index (χ0n) is 20.1. The van der Waals surface area contributed by atoms with Gasteiger partial charge in [-0.3, -0.25) is 4.79 Å². The average molecular weight is 545 g/mol. The molecule has 0 unspecified atom stereocenters. The van der Waals surface area contributed by atoms with Gasteiger partial charge in [0.1, 0.15) is 11.8 Å². The molecule has 1 atom stereocenters. The molecule has 8 nitrogen and oxygen atoms in total. The van der Waals surface area contributed by atoms with E-state index in [0.29, 0.717) is 12.1 Å². The number of amides is 1. The Bertz CT molecular complexity index is 1290. The third-order valence-corrected chi connectivity index (χ3v) is 7.27. The maximum Gasteiger partial charge on any atom is 0.341 e. The van der Waals surface area contributed by atoms with E-state index < -0.39 is 34.5 Å². The summed E-state index contributed by atoms with van der Waals surface area (Å²) in [5, 5.41) is 11.8. The molecule has 196 valence electrons. The van der Waals surface area contributed by atoms with E-state index in [4.69, 9.17) is 21.4 Å². The maximum atomic E-state index is 13.1. The highest BCUT2D eigenvalue weighted by atomic mass is 35.5. The van der Waals surface area contributed by atoms with Gasteiger partial charge in [0.2, 0.25) is 15.9 Å². The van der Waals surface area contributed by atoms with Crippen LogP contribution in [0.15, 0.2) is 83.8 Å². The number of aliphatic carboxylic acids is 1. The van der Waals surface area contributed by atoms with Crippen molar-refractivity contribution in [2.75, 3.05) is 13.2 Å². The van der Waals surface area contributed by atoms with Crippen molar-refractivity contribution < 1.29 is 27.9 Å². The monoisotopic (exact) mass is 544 g/mol. The summed E-state index contributed by atoms with van der Waals surface area (Å²) in [7, 11) is -3.97. The lowest BCUT2D eigenvalue weighted by Gasteiger charge is -2.19. The molecule has 0 aliphatic heterocycles. The first-order valence-electron chi connectivity index (χ1n) is 11.8. The summed E-state index contributed by atoms with van der Waals surface area (Å²) in [6.07, 6.45) is 2.52. The quantitative estimate of drug-likeness (QED) is 0.265. The summed E-state index contributed by atoms with van der Waals surface area (Å²) >= 11 is 6.22. The molecule has 0 bridgehead atoms. The lowest BCUT2D eigenvalue weighted by molar-refractivity contribution is -0.139. The van der Waals surface area contributed by atoms with E-state index in [1.807, 2.05) is 18.2 Å². The van der Waals surface area contributed by atoms with Gasteiger partial charge >= 0.3 is 5.97 Å². The largest absolute Gasteiger partial charge is 0.480 e. The molecule has 0 saturated heterocycles. The molecule has 0 aromatic heterocycles. The van der Waals surface area contributed by atoms with Crippen molar-refractivity contribution in [3.63, 3.8) is 0 Å². The van der Waals surface area contributed by atoms with Crippen molar-refractivity contribution in [1.82, 2.24) is 10.0 Å². The summed E-state index contributed by atoms with van der Waals surface area (Å²) in [4.78, 5) is 23.8. The number of hydrogen-bond acceptors (Lipinski definition) is 5. The van der Waals surface area contributed by atoms with Crippen LogP contribution in [0.1, 0.15) is 24.0 Å². The summed E-state index contributed by atoms with van der Waals surface area (Å²) in [5.74, 6) is -1.42. The standard InChI is InChI=1S/C27H29ClN2O6S/c28-23-17-21(14-15-25(23)36-19-26(31)32)18-24(30-37(34,35)22-12-5-2-6-13-22)27(33)29-16-8-7-11-20-9-3-1-4-10-20/h1-6,9-10,12-15,17,24,30H,7-8,11,16,18-19H2,(H,29,33)(H,31,32)/t24-/m0/s1. The van der Waals surface area contributed by atoms with Crippen molar-refractivity contribution in [3.05, 3.63) is 95.0 Å². The maximum absolute atomic E-state index is 13.1. The molecule has 0 saturated carbocycles. The lowest BCUT2D eigenvalue weighted by Crippen LogP contribution is -2.48. The Morgan fingerprint density at radius 3 is 2.24 bits per heavy atom. The van der Waals surface area contributed by atoms with Crippen molar-refractivity contribution in [1.29, 1.82) is 0 Å². The predicted octanol–water partition coefficient (Wildman–Crippen LogP) is 3.83. The van der Waals surface area contributed by atoms with Crippen LogP contribution in [-0.2, 0) is 32.5 Å². The Morgan fingerprint density at radius 1 is 0.919 bits per heavy atom. The molecule has 0 aliphatic rings. The highest BCUT2D eigenvalue weighted by Crippen LogP contribution is 2.26. The Balaban J connectivity index is 1.67. The van der Waals surface area contributed by atoms with Gasteiger partial charge in [-0.1, -0.05) is 66.2 Å². The fraction of sp³-hybridized carbons (Fsp3) is 0.259. The first-order valence-corrected chi connectivity index (χ1v) is 13.6. The zero-order valence-corrected chi connectivity index (χ0v) is 21.7. The molecule has 0 aliphatic carbocycles. The molecule has 3 aromatic carbocycles. The number of aryl methyl sites for hydroxylation is 1. The van der Waals surface area contributed by atoms with Gasteiger partial charge in [0.25, 0.3) is 0 Å². The molecule has 3 N–H and O–H groups in total. The molecular weight excluding hydrogens is 516 g/mol. The fourth-order valence-electron chi connectivity index (χ4n) is 3.64. The molecule has 37 heavy (non-hydrogen) atoms. The van der Waals surface area contributed by atoms with Crippen LogP contribution in [0.5, 0.6) is 5.75 Å². The summed E-state index contributed by atoms with van der Waals surface area (Å²) < 4.78 is 33.5. The number of carboxylic acid groups (broad SMARTS) is 1. The Labute approximate surface area is 221 Å². The van der Waals surface area contributed by atoms with E-state index in [-0.39, 0.29) is 22.1 Å². The number of unbranched alkanes of at least 4 members (excludes halogenated alkanes) is 1. The summed E-state index contributed by atoms with van der Waals surface area (Å²) in [6, 6.07) is 21.4. The van der Waals surface area contributed by atoms with Gasteiger partial charge in [0.05, 0.1) is 9.92 Å². The van der Waals surface area contributed by atoms with E-state index in [1.165, 1.54) is 29.8 Å². The molecule has 0 radical (unpaired) electrons. The second-order valence-corrected chi connectivity index (χ2v) is 10.5. The normalized spacial score (nSPS) is 12.0. The van der Waals surface area contributed by atoms with E-state index in [9.17, 15) is 18.0 Å². The third kappa shape index (κ3) is 9.20. The average Bonchev–Trinajstić information content (AvgIpc) is 2.88. The number of rotatable bonds is 14. The number of carbonyl (C=O) groups excluding carboxylic acids is 1. The van der Waals surface area contributed by atoms with Gasteiger partial charge in [0.15, 0.2) is 6.61 Å². The molecule has 1 amide bonds. The molecule has 3 aromatic rings. The minimum Gasteiger partial charge on any atom is -0.480 e. The minimum absolute atomic E-state index is 0.0286. The molecule has 3 rings (SSSR count). The van der Waals surface area contributed by atoms with Gasteiger partial charge in [0, 0.05) is 6.54 Å². The third-order valence-electron chi connectivity index (χ3n) is 5.49. The second kappa shape index (κ2) is 13.8. The van der Waals surface area contributed by atoms with Crippen LogP contribution >= 0.6 is 11.6 Å². The molecule has 0 fully saturated rings. The Hall–Kier alpha value is -3.40. The van der Waals surface area contributed by atoms with Gasteiger partial charge in [-0.25, -0.2) is 13.2 Å². The van der Waals surface area contributed by atoms with Crippen LogP contribution in [0, 0.1) is 0 Å². The van der Waals surface area contributed by atoms with E-state index >= 15 is 0 Å². The molecule has 10 heteroatoms. The van der Waals surface area contributed by atoms with E-state index in [1.54, 1.807) is 24.3 Å². The van der Waals surface area contributed by atoms with Crippen molar-refractivity contribution in [2.45, 2.75) is 36.6 Å². The first-order chi connectivity index (χ1) is 17.7. The number of sulfonamides is 1. The number of ether oxygens (including phenoxy) is 1. The molecule has 0 spiro atoms. The van der Waals surface area contributed by atoms with Crippen molar-refractivity contribution in [3.8, 4) is 5.75 Å². The molecule has 0 heterocycles. The predicted molar refractivity (Wildman–Crippen MR) is 141 cm³/mol. The highest BCUT2D eigenvalue weighted by molar-refractivity contribution is 7.89. The molecular formula is C27H29ClN2O6S. The van der Waals surface area contributed by atoms with Crippen molar-refractivity contribution >= 4 is 33.5 Å². The van der Waals surface area contributed by atoms with E-state index in [0.717, 1.165) is 19.3 Å². The number of nitrogens with one attached hydrogen (secondary N) is 2. The number of hydrogen-bond donors (Lipinski definition) is 3. The smallest absolute Gasteiger partial charge is 0.341 e. The Morgan fingerprint density at radius 2 is 1.59 bits per heavy atom. The fourth-order valence-corrected chi connectivity index (χ4v) is 5.11. The van der Waals surface area contributed by atoms with Crippen LogP contribution < -0.4 is 14.8 Å². The number of benzene rings is 3. The SMILES string of the molecule is O=C(O)COc1ccc(C[C@H](NS(=O)(=O)c2ccccc2)C(=O)NCCCCc2ccccc2)cc1Cl. The van der Waals surface area contributed by atoms with Gasteiger partial charge in [-0.15, -0.1) is 0 Å². The number of carboxylic acids is 1. The van der Waals surface area contributed by atoms with Gasteiger partial charge in [-0.05, 0) is 61.1 Å². The topological polar surface area (TPSA) is 122 Å². The summed E-state index contributed by atoms with van der Waals surface area (Å²) in [6.45, 7) is -0.150. The van der Waals surface area contributed by atoms with Crippen molar-refractivity contribution in [2.24, 2.45) is 0 Å². The van der Waals surface area contributed by atoms with Gasteiger partial charge in [-0.2, -0.15) is 4.72 Å². The van der Waals surface area contributed by atoms with Crippen LogP contribution in [-0.4, -0.2) is 44.6 Å². The lowest BCUT2D eigenvalue weighted by atomic mass is 10.1. The number of carbonyl (C=O) groups is 2. The van der Waals surface area contributed by atoms with Crippen LogP contribution in [0.25, 0.3) is 0 Å². The first kappa shape index (κ1) is 28.2. The minimum atomic E-state index is -3.97. The zero-order chi connectivity index (χ0) is 26.7. The highest BCUT2D eigenvalue weighted by Gasteiger charge is 2.26. The summed E-state index contributed by atoms with van der Waals surface area (Å²) in [5.41, 5.74) is 1.79. The van der Waals surface area contributed by atoms with E-state index in [2.05, 4.69) is 22.2 Å². The van der Waals surface area contributed by atoms with Crippen LogP contribution in [0.2, 0.25) is 5.02 Å². The number of halogens is 1. The van der Waals surface area contributed by atoms with Gasteiger partial charge < -0.3 is 15.2 Å². The van der Waals surface area contributed by atoms with Crippen LogP contribution in [0.3, 0.4) is 0 Å². The van der Waals surface area contributed by atoms with Crippen LogP contribution in [0.4, 0.5) is 0 Å². The second-order valence-electron chi connectivity index (χ2n) is 8.37.